The molecule has 0 heterocycles. The number of hydrogen-bond acceptors (Lipinski definition) is 4. The quantitative estimate of drug-likeness (QED) is 0.367. The van der Waals surface area contributed by atoms with Gasteiger partial charge in [-0.3, -0.25) is 30.6 Å². The van der Waals surface area contributed by atoms with Crippen molar-refractivity contribution in [2.75, 3.05) is 0 Å². The zero-order valence-corrected chi connectivity index (χ0v) is 13.3. The number of non-ortho nitro benzene ring substituents is 1. The molecule has 1 aliphatic rings. The summed E-state index contributed by atoms with van der Waals surface area (Å²) in [5, 5.41) is 10.5. The smallest absolute Gasteiger partial charge is 0.269 e. The number of nitro groups is 1. The first-order valence-corrected chi connectivity index (χ1v) is 7.41. The van der Waals surface area contributed by atoms with E-state index in [1.807, 2.05) is 0 Å². The van der Waals surface area contributed by atoms with Gasteiger partial charge in [-0.1, -0.05) is 15.9 Å². The van der Waals surface area contributed by atoms with Crippen LogP contribution in [0.15, 0.2) is 30.3 Å². The second-order valence-electron chi connectivity index (χ2n) is 5.21. The van der Waals surface area contributed by atoms with E-state index in [1.54, 1.807) is 6.92 Å². The second-order valence-corrected chi connectivity index (χ2v) is 6.32. The van der Waals surface area contributed by atoms with Crippen LogP contribution in [0.1, 0.15) is 18.9 Å². The van der Waals surface area contributed by atoms with Gasteiger partial charge in [0.1, 0.15) is 0 Å². The molecular weight excluding hydrogens is 354 g/mol. The van der Waals surface area contributed by atoms with Crippen molar-refractivity contribution < 1.29 is 14.5 Å². The molecule has 1 fully saturated rings. The molecule has 8 heteroatoms. The molecule has 0 unspecified atom stereocenters. The summed E-state index contributed by atoms with van der Waals surface area (Å²) in [6, 6.07) is 5.76. The monoisotopic (exact) mass is 367 g/mol. The summed E-state index contributed by atoms with van der Waals surface area (Å²) in [5.41, 5.74) is 4.81. The van der Waals surface area contributed by atoms with Gasteiger partial charge in [-0.2, -0.15) is 0 Å². The van der Waals surface area contributed by atoms with Crippen LogP contribution in [-0.4, -0.2) is 21.6 Å². The highest BCUT2D eigenvalue weighted by molar-refractivity contribution is 9.09. The number of hydrogen-bond donors (Lipinski definition) is 2. The topological polar surface area (TPSA) is 101 Å². The van der Waals surface area contributed by atoms with Crippen LogP contribution < -0.4 is 10.9 Å². The maximum atomic E-state index is 11.8. The predicted octanol–water partition coefficient (Wildman–Crippen LogP) is 1.93. The molecule has 0 aliphatic heterocycles. The molecule has 0 bridgehead atoms. The van der Waals surface area contributed by atoms with Crippen molar-refractivity contribution in [2.45, 2.75) is 18.2 Å². The lowest BCUT2D eigenvalue weighted by atomic mass is 10.1. The number of benzene rings is 1. The fourth-order valence-corrected chi connectivity index (χ4v) is 2.61. The summed E-state index contributed by atoms with van der Waals surface area (Å²) in [6.45, 7) is 1.81. The van der Waals surface area contributed by atoms with Gasteiger partial charge in [0.05, 0.1) is 10.3 Å². The molecule has 0 saturated heterocycles. The van der Waals surface area contributed by atoms with Crippen LogP contribution >= 0.6 is 15.9 Å². The van der Waals surface area contributed by atoms with Crippen molar-refractivity contribution in [3.05, 3.63) is 46.0 Å². The molecule has 2 amide bonds. The van der Waals surface area contributed by atoms with Crippen molar-refractivity contribution in [1.82, 2.24) is 10.9 Å². The Hall–Kier alpha value is -2.22. The van der Waals surface area contributed by atoms with Gasteiger partial charge in [0.25, 0.3) is 11.6 Å². The van der Waals surface area contributed by atoms with Crippen LogP contribution in [0.25, 0.3) is 6.08 Å². The number of alkyl halides is 1. The van der Waals surface area contributed by atoms with Gasteiger partial charge in [-0.15, -0.1) is 0 Å². The predicted molar refractivity (Wildman–Crippen MR) is 83.9 cm³/mol. The summed E-state index contributed by atoms with van der Waals surface area (Å²) in [6.07, 6.45) is 3.47. The normalized spacial score (nSPS) is 23.1. The Bertz CT molecular complexity index is 644. The summed E-state index contributed by atoms with van der Waals surface area (Å²) >= 11 is 3.35. The molecule has 2 rings (SSSR count). The van der Waals surface area contributed by atoms with Crippen molar-refractivity contribution in [3.8, 4) is 0 Å². The van der Waals surface area contributed by atoms with Gasteiger partial charge in [-0.05, 0) is 37.1 Å². The first-order valence-electron chi connectivity index (χ1n) is 6.50. The van der Waals surface area contributed by atoms with E-state index in [-0.39, 0.29) is 16.4 Å². The van der Waals surface area contributed by atoms with Crippen LogP contribution in [0.4, 0.5) is 5.69 Å². The molecular formula is C14H14BrN3O4. The van der Waals surface area contributed by atoms with Crippen molar-refractivity contribution in [2.24, 2.45) is 5.41 Å². The minimum atomic E-state index is -0.495. The van der Waals surface area contributed by atoms with E-state index < -0.39 is 16.2 Å². The number of carbonyl (C=O) groups excluding carboxylic acids is 2. The van der Waals surface area contributed by atoms with Crippen LogP contribution in [0, 0.1) is 15.5 Å². The minimum absolute atomic E-state index is 0.0177. The Labute approximate surface area is 135 Å². The van der Waals surface area contributed by atoms with E-state index in [0.29, 0.717) is 5.56 Å². The Morgan fingerprint density at radius 1 is 1.36 bits per heavy atom. The lowest BCUT2D eigenvalue weighted by molar-refractivity contribution is -0.384. The molecule has 2 atom stereocenters. The van der Waals surface area contributed by atoms with Gasteiger partial charge in [0.2, 0.25) is 5.91 Å². The third kappa shape index (κ3) is 3.70. The Balaban J connectivity index is 1.84. The highest BCUT2D eigenvalue weighted by atomic mass is 79.9. The zero-order valence-electron chi connectivity index (χ0n) is 11.7. The molecule has 0 spiro atoms. The van der Waals surface area contributed by atoms with Crippen LogP contribution in [0.5, 0.6) is 0 Å². The Kier molecular flexibility index (Phi) is 4.60. The number of nitrogens with zero attached hydrogens (tertiary/aromatic N) is 1. The third-order valence-electron chi connectivity index (χ3n) is 3.48. The fraction of sp³-hybridized carbons (Fsp3) is 0.286. The van der Waals surface area contributed by atoms with Gasteiger partial charge >= 0.3 is 0 Å². The van der Waals surface area contributed by atoms with Gasteiger partial charge in [0, 0.05) is 23.0 Å². The van der Waals surface area contributed by atoms with Gasteiger partial charge < -0.3 is 0 Å². The summed E-state index contributed by atoms with van der Waals surface area (Å²) < 4.78 is 0. The molecule has 1 aromatic carbocycles. The van der Waals surface area contributed by atoms with E-state index in [2.05, 4.69) is 26.8 Å². The number of nitrogens with one attached hydrogen (secondary N) is 2. The number of carbonyl (C=O) groups is 2. The van der Waals surface area contributed by atoms with Gasteiger partial charge in [-0.25, -0.2) is 0 Å². The standard InChI is InChI=1S/C14H14BrN3O4/c1-14(8-11(14)15)13(20)17-16-12(19)7-4-9-2-5-10(6-3-9)18(21)22/h2-7,11H,8H2,1H3,(H,16,19)(H,17,20)/b7-4+/t11-,14+/m1/s1. The molecule has 1 aromatic rings. The van der Waals surface area contributed by atoms with Gasteiger partial charge in [0.15, 0.2) is 0 Å². The van der Waals surface area contributed by atoms with E-state index in [9.17, 15) is 19.7 Å². The number of nitro benzene ring substituents is 1. The summed E-state index contributed by atoms with van der Waals surface area (Å²) in [7, 11) is 0. The maximum Gasteiger partial charge on any atom is 0.269 e. The molecule has 2 N–H and O–H groups in total. The molecule has 1 aliphatic carbocycles. The van der Waals surface area contributed by atoms with E-state index in [4.69, 9.17) is 0 Å². The number of halogens is 1. The van der Waals surface area contributed by atoms with E-state index >= 15 is 0 Å². The molecule has 116 valence electrons. The molecule has 0 radical (unpaired) electrons. The van der Waals surface area contributed by atoms with Crippen molar-refractivity contribution >= 4 is 39.5 Å². The van der Waals surface area contributed by atoms with Crippen molar-refractivity contribution in [1.29, 1.82) is 0 Å². The Morgan fingerprint density at radius 3 is 2.45 bits per heavy atom. The Morgan fingerprint density at radius 2 is 1.95 bits per heavy atom. The zero-order chi connectivity index (χ0) is 16.3. The van der Waals surface area contributed by atoms with Crippen LogP contribution in [-0.2, 0) is 9.59 Å². The first kappa shape index (κ1) is 16.2. The van der Waals surface area contributed by atoms with E-state index in [0.717, 1.165) is 6.42 Å². The number of rotatable bonds is 4. The highest BCUT2D eigenvalue weighted by Gasteiger charge is 2.54. The number of hydrazine groups is 1. The van der Waals surface area contributed by atoms with Crippen LogP contribution in [0.3, 0.4) is 0 Å². The SMILES string of the molecule is C[C@]1(C(=O)NNC(=O)/C=C/c2ccc([N+](=O)[O-])cc2)C[C@H]1Br. The summed E-state index contributed by atoms with van der Waals surface area (Å²) in [5.74, 6) is -0.728. The molecule has 22 heavy (non-hydrogen) atoms. The lowest BCUT2D eigenvalue weighted by Crippen LogP contribution is -2.44. The van der Waals surface area contributed by atoms with Crippen LogP contribution in [0.2, 0.25) is 0 Å². The lowest BCUT2D eigenvalue weighted by Gasteiger charge is -2.10. The largest absolute Gasteiger partial charge is 0.273 e. The average Bonchev–Trinajstić information content (AvgIpc) is 3.11. The molecule has 0 aromatic heterocycles. The second kappa shape index (κ2) is 6.27. The fourth-order valence-electron chi connectivity index (χ4n) is 1.73. The van der Waals surface area contributed by atoms with Crippen molar-refractivity contribution in [3.63, 3.8) is 0 Å². The third-order valence-corrected chi connectivity index (χ3v) is 4.82. The molecule has 7 nitrogen and oxygen atoms in total. The summed E-state index contributed by atoms with van der Waals surface area (Å²) in [4.78, 5) is 33.5. The first-order chi connectivity index (χ1) is 10.3. The highest BCUT2D eigenvalue weighted by Crippen LogP contribution is 2.51. The molecule has 1 saturated carbocycles. The maximum absolute atomic E-state index is 11.8. The number of amides is 2. The minimum Gasteiger partial charge on any atom is -0.273 e. The average molecular weight is 368 g/mol. The van der Waals surface area contributed by atoms with E-state index in [1.165, 1.54) is 36.4 Å².